The lowest BCUT2D eigenvalue weighted by molar-refractivity contribution is -0.132. The van der Waals surface area contributed by atoms with Crippen molar-refractivity contribution in [3.05, 3.63) is 65.7 Å². The number of carbonyl (C=O) groups is 2. The fourth-order valence-corrected chi connectivity index (χ4v) is 5.46. The fourth-order valence-electron chi connectivity index (χ4n) is 3.94. The summed E-state index contributed by atoms with van der Waals surface area (Å²) in [6, 6.07) is 16.4. The Kier molecular flexibility index (Phi) is 4.93. The number of amides is 2. The number of carbonyl (C=O) groups excluding carboxylic acids is 2. The molecule has 2 amide bonds. The zero-order valence-corrected chi connectivity index (χ0v) is 16.3. The standard InChI is InChI=1S/C21H22N2O4S/c24-20(15-23-21(25)18-8-4-5-9-19(18)28(23,26)27)22-12-10-17(11-13-22)14-16-6-2-1-3-7-16/h1-9,17H,10-15H2. The highest BCUT2D eigenvalue weighted by atomic mass is 32.2. The van der Waals surface area contributed by atoms with Gasteiger partial charge in [-0.05, 0) is 42.9 Å². The van der Waals surface area contributed by atoms with Crippen molar-refractivity contribution >= 4 is 21.8 Å². The lowest BCUT2D eigenvalue weighted by Gasteiger charge is -2.33. The smallest absolute Gasteiger partial charge is 0.269 e. The second-order valence-corrected chi connectivity index (χ2v) is 9.16. The number of rotatable bonds is 4. The molecule has 7 heteroatoms. The molecular formula is C21H22N2O4S. The van der Waals surface area contributed by atoms with Crippen molar-refractivity contribution in [2.45, 2.75) is 24.2 Å². The van der Waals surface area contributed by atoms with Gasteiger partial charge in [0.15, 0.2) is 0 Å². The molecule has 1 saturated heterocycles. The van der Waals surface area contributed by atoms with Crippen LogP contribution >= 0.6 is 0 Å². The number of fused-ring (bicyclic) bond motifs is 1. The molecule has 2 aromatic rings. The van der Waals surface area contributed by atoms with E-state index in [-0.39, 0.29) is 16.4 Å². The van der Waals surface area contributed by atoms with Crippen LogP contribution in [0.4, 0.5) is 0 Å². The van der Waals surface area contributed by atoms with Gasteiger partial charge in [0.1, 0.15) is 11.4 Å². The number of nitrogens with zero attached hydrogens (tertiary/aromatic N) is 2. The van der Waals surface area contributed by atoms with Gasteiger partial charge in [-0.2, -0.15) is 0 Å². The van der Waals surface area contributed by atoms with Crippen LogP contribution in [0.3, 0.4) is 0 Å². The highest BCUT2D eigenvalue weighted by Crippen LogP contribution is 2.30. The van der Waals surface area contributed by atoms with Crippen molar-refractivity contribution in [2.24, 2.45) is 5.92 Å². The Morgan fingerprint density at radius 3 is 2.29 bits per heavy atom. The van der Waals surface area contributed by atoms with Crippen LogP contribution in [0.5, 0.6) is 0 Å². The lowest BCUT2D eigenvalue weighted by Crippen LogP contribution is -2.45. The van der Waals surface area contributed by atoms with Gasteiger partial charge in [-0.15, -0.1) is 0 Å². The molecule has 4 rings (SSSR count). The van der Waals surface area contributed by atoms with Crippen molar-refractivity contribution in [1.29, 1.82) is 0 Å². The van der Waals surface area contributed by atoms with E-state index in [0.29, 0.717) is 23.3 Å². The van der Waals surface area contributed by atoms with Crippen LogP contribution < -0.4 is 0 Å². The molecule has 0 bridgehead atoms. The second kappa shape index (κ2) is 7.39. The highest BCUT2D eigenvalue weighted by molar-refractivity contribution is 7.90. The highest BCUT2D eigenvalue weighted by Gasteiger charge is 2.42. The normalized spacial score (nSPS) is 18.9. The molecule has 0 aliphatic carbocycles. The quantitative estimate of drug-likeness (QED) is 0.792. The topological polar surface area (TPSA) is 74.8 Å². The molecule has 0 N–H and O–H groups in total. The van der Waals surface area contributed by atoms with Crippen LogP contribution in [0.25, 0.3) is 0 Å². The Morgan fingerprint density at radius 1 is 0.964 bits per heavy atom. The zero-order valence-electron chi connectivity index (χ0n) is 15.5. The Morgan fingerprint density at radius 2 is 1.61 bits per heavy atom. The minimum Gasteiger partial charge on any atom is -0.341 e. The SMILES string of the molecule is O=C(CN1C(=O)c2ccccc2S1(=O)=O)N1CCC(Cc2ccccc2)CC1. The molecule has 28 heavy (non-hydrogen) atoms. The van der Waals surface area contributed by atoms with Crippen LogP contribution in [0.15, 0.2) is 59.5 Å². The third-order valence-electron chi connectivity index (χ3n) is 5.53. The van der Waals surface area contributed by atoms with Gasteiger partial charge < -0.3 is 4.90 Å². The summed E-state index contributed by atoms with van der Waals surface area (Å²) in [7, 11) is -3.94. The third kappa shape index (κ3) is 3.42. The molecule has 2 aromatic carbocycles. The minimum absolute atomic E-state index is 0.0191. The number of sulfonamides is 1. The molecule has 0 aromatic heterocycles. The Hall–Kier alpha value is -2.67. The Balaban J connectivity index is 1.37. The Bertz CT molecular complexity index is 996. The van der Waals surface area contributed by atoms with Crippen LogP contribution in [-0.2, 0) is 21.2 Å². The number of hydrogen-bond donors (Lipinski definition) is 0. The monoisotopic (exact) mass is 398 g/mol. The molecule has 146 valence electrons. The molecule has 0 radical (unpaired) electrons. The predicted octanol–water partition coefficient (Wildman–Crippen LogP) is 2.31. The maximum Gasteiger partial charge on any atom is 0.269 e. The molecule has 0 atom stereocenters. The summed E-state index contributed by atoms with van der Waals surface area (Å²) in [5, 5.41) is 0. The molecule has 0 unspecified atom stereocenters. The zero-order chi connectivity index (χ0) is 19.7. The fraction of sp³-hybridized carbons (Fsp3) is 0.333. The van der Waals surface area contributed by atoms with Crippen LogP contribution in [0.2, 0.25) is 0 Å². The molecule has 2 aliphatic heterocycles. The maximum absolute atomic E-state index is 12.7. The molecule has 1 fully saturated rings. The average Bonchev–Trinajstić information content (AvgIpc) is 2.90. The van der Waals surface area contributed by atoms with Gasteiger partial charge in [-0.25, -0.2) is 12.7 Å². The first-order valence-electron chi connectivity index (χ1n) is 9.44. The van der Waals surface area contributed by atoms with Crippen LogP contribution in [-0.4, -0.2) is 49.1 Å². The van der Waals surface area contributed by atoms with Gasteiger partial charge in [0.05, 0.1) is 5.56 Å². The van der Waals surface area contributed by atoms with Crippen LogP contribution in [0.1, 0.15) is 28.8 Å². The van der Waals surface area contributed by atoms with Gasteiger partial charge in [-0.1, -0.05) is 42.5 Å². The molecule has 2 aliphatic rings. The number of piperidine rings is 1. The van der Waals surface area contributed by atoms with Crippen molar-refractivity contribution < 1.29 is 18.0 Å². The maximum atomic E-state index is 12.7. The Labute approximate surface area is 164 Å². The summed E-state index contributed by atoms with van der Waals surface area (Å²) in [6.07, 6.45) is 2.74. The van der Waals surface area contributed by atoms with Gasteiger partial charge in [0.25, 0.3) is 15.9 Å². The predicted molar refractivity (Wildman–Crippen MR) is 104 cm³/mol. The van der Waals surface area contributed by atoms with Gasteiger partial charge >= 0.3 is 0 Å². The number of benzene rings is 2. The van der Waals surface area contributed by atoms with E-state index in [1.54, 1.807) is 17.0 Å². The van der Waals surface area contributed by atoms with E-state index in [1.807, 2.05) is 18.2 Å². The molecule has 2 heterocycles. The first-order valence-corrected chi connectivity index (χ1v) is 10.9. The number of hydrogen-bond acceptors (Lipinski definition) is 4. The largest absolute Gasteiger partial charge is 0.341 e. The second-order valence-electron chi connectivity index (χ2n) is 7.33. The molecule has 6 nitrogen and oxygen atoms in total. The first kappa shape index (κ1) is 18.7. The number of likely N-dealkylation sites (tertiary alicyclic amines) is 1. The van der Waals surface area contributed by atoms with Crippen molar-refractivity contribution in [2.75, 3.05) is 19.6 Å². The van der Waals surface area contributed by atoms with E-state index in [0.717, 1.165) is 19.3 Å². The summed E-state index contributed by atoms with van der Waals surface area (Å²) < 4.78 is 25.9. The van der Waals surface area contributed by atoms with Crippen molar-refractivity contribution in [3.8, 4) is 0 Å². The summed E-state index contributed by atoms with van der Waals surface area (Å²) >= 11 is 0. The van der Waals surface area contributed by atoms with E-state index in [2.05, 4.69) is 12.1 Å². The van der Waals surface area contributed by atoms with E-state index in [4.69, 9.17) is 0 Å². The molecule has 0 spiro atoms. The summed E-state index contributed by atoms with van der Waals surface area (Å²) in [5.41, 5.74) is 1.43. The first-order chi connectivity index (χ1) is 13.5. The van der Waals surface area contributed by atoms with Gasteiger partial charge in [-0.3, -0.25) is 9.59 Å². The van der Waals surface area contributed by atoms with E-state index in [1.165, 1.54) is 17.7 Å². The summed E-state index contributed by atoms with van der Waals surface area (Å²) in [4.78, 5) is 26.8. The summed E-state index contributed by atoms with van der Waals surface area (Å²) in [6.45, 7) is 0.746. The minimum atomic E-state index is -3.94. The van der Waals surface area contributed by atoms with E-state index < -0.39 is 22.5 Å². The third-order valence-corrected chi connectivity index (χ3v) is 7.31. The lowest BCUT2D eigenvalue weighted by atomic mass is 9.90. The van der Waals surface area contributed by atoms with E-state index >= 15 is 0 Å². The molecule has 0 saturated carbocycles. The van der Waals surface area contributed by atoms with Crippen LogP contribution in [0, 0.1) is 5.92 Å². The summed E-state index contributed by atoms with van der Waals surface area (Å²) in [5.74, 6) is -0.432. The van der Waals surface area contributed by atoms with Crippen molar-refractivity contribution in [1.82, 2.24) is 9.21 Å². The molecular weight excluding hydrogens is 376 g/mol. The van der Waals surface area contributed by atoms with Gasteiger partial charge in [0.2, 0.25) is 5.91 Å². The van der Waals surface area contributed by atoms with Crippen molar-refractivity contribution in [3.63, 3.8) is 0 Å². The average molecular weight is 398 g/mol. The van der Waals surface area contributed by atoms with E-state index in [9.17, 15) is 18.0 Å². The van der Waals surface area contributed by atoms with Gasteiger partial charge in [0, 0.05) is 13.1 Å².